The number of imidazole rings is 1. The van der Waals surface area contributed by atoms with Crippen molar-refractivity contribution in [1.82, 2.24) is 14.5 Å². The topological polar surface area (TPSA) is 33.6 Å². The molecule has 0 saturated carbocycles. The summed E-state index contributed by atoms with van der Waals surface area (Å²) in [4.78, 5) is 7.24. The van der Waals surface area contributed by atoms with Crippen molar-refractivity contribution in [1.29, 1.82) is 0 Å². The van der Waals surface area contributed by atoms with Gasteiger partial charge >= 0.3 is 0 Å². The van der Waals surface area contributed by atoms with Crippen LogP contribution in [0, 0.1) is 16.4 Å². The second kappa shape index (κ2) is 5.06. The van der Waals surface area contributed by atoms with E-state index >= 15 is 0 Å². The number of rotatable bonds is 2. The summed E-state index contributed by atoms with van der Waals surface area (Å²) < 4.78 is 29.8. The first-order valence-electron chi connectivity index (χ1n) is 5.72. The van der Waals surface area contributed by atoms with Crippen LogP contribution in [0.5, 0.6) is 0 Å². The van der Waals surface area contributed by atoms with Crippen LogP contribution in [0.2, 0.25) is 0 Å². The van der Waals surface area contributed by atoms with Crippen molar-refractivity contribution in [3.63, 3.8) is 0 Å². The minimum absolute atomic E-state index is 0.122. The van der Waals surface area contributed by atoms with E-state index in [1.165, 1.54) is 0 Å². The number of nitrogens with one attached hydrogen (secondary N) is 1. The normalized spacial score (nSPS) is 11.2. The van der Waals surface area contributed by atoms with Crippen molar-refractivity contribution in [2.75, 3.05) is 0 Å². The number of pyridine rings is 1. The maximum atomic E-state index is 13.7. The molecule has 0 amide bonds. The highest BCUT2D eigenvalue weighted by molar-refractivity contribution is 9.10. The minimum Gasteiger partial charge on any atom is -0.329 e. The molecule has 0 unspecified atom stereocenters. The average molecular weight is 356 g/mol. The van der Waals surface area contributed by atoms with Gasteiger partial charge in [0.05, 0.1) is 12.1 Å². The van der Waals surface area contributed by atoms with Crippen molar-refractivity contribution in [2.24, 2.45) is 0 Å². The van der Waals surface area contributed by atoms with E-state index in [0.29, 0.717) is 10.4 Å². The van der Waals surface area contributed by atoms with E-state index in [0.717, 1.165) is 28.2 Å². The van der Waals surface area contributed by atoms with Gasteiger partial charge in [-0.05, 0) is 52.4 Å². The maximum absolute atomic E-state index is 13.7. The summed E-state index contributed by atoms with van der Waals surface area (Å²) in [6.07, 6.45) is 1.63. The van der Waals surface area contributed by atoms with Gasteiger partial charge in [0.25, 0.3) is 0 Å². The van der Waals surface area contributed by atoms with E-state index < -0.39 is 11.6 Å². The highest BCUT2D eigenvalue weighted by Crippen LogP contribution is 2.19. The molecule has 102 valence electrons. The molecule has 2 aromatic heterocycles. The van der Waals surface area contributed by atoms with Gasteiger partial charge in [0, 0.05) is 16.2 Å². The SMILES string of the molecule is Fc1ccc(F)c(Cn2c(=S)[nH]c3cc(Br)cnc32)c1. The van der Waals surface area contributed by atoms with Crippen LogP contribution in [0.1, 0.15) is 5.56 Å². The molecule has 1 aromatic carbocycles. The van der Waals surface area contributed by atoms with E-state index in [2.05, 4.69) is 25.9 Å². The Bertz CT molecular complexity index is 856. The second-order valence-corrected chi connectivity index (χ2v) is 5.58. The lowest BCUT2D eigenvalue weighted by atomic mass is 10.2. The molecule has 2 heterocycles. The Kier molecular flexibility index (Phi) is 3.39. The molecular formula is C13H8BrF2N3S. The molecule has 7 heteroatoms. The molecule has 1 N–H and O–H groups in total. The van der Waals surface area contributed by atoms with Gasteiger partial charge in [-0.2, -0.15) is 0 Å². The van der Waals surface area contributed by atoms with Crippen LogP contribution in [0.25, 0.3) is 11.2 Å². The Morgan fingerprint density at radius 2 is 2.10 bits per heavy atom. The van der Waals surface area contributed by atoms with E-state index in [1.54, 1.807) is 10.8 Å². The fourth-order valence-electron chi connectivity index (χ4n) is 2.00. The van der Waals surface area contributed by atoms with Gasteiger partial charge in [-0.3, -0.25) is 4.57 Å². The highest BCUT2D eigenvalue weighted by Gasteiger charge is 2.10. The maximum Gasteiger partial charge on any atom is 0.179 e. The molecule has 0 radical (unpaired) electrons. The van der Waals surface area contributed by atoms with Crippen molar-refractivity contribution in [3.05, 3.63) is 56.9 Å². The summed E-state index contributed by atoms with van der Waals surface area (Å²) in [7, 11) is 0. The Hall–Kier alpha value is -1.60. The van der Waals surface area contributed by atoms with Crippen molar-refractivity contribution in [3.8, 4) is 0 Å². The minimum atomic E-state index is -0.483. The van der Waals surface area contributed by atoms with Crippen molar-refractivity contribution < 1.29 is 8.78 Å². The van der Waals surface area contributed by atoms with Crippen LogP contribution in [-0.2, 0) is 6.54 Å². The average Bonchev–Trinajstić information content (AvgIpc) is 2.69. The highest BCUT2D eigenvalue weighted by atomic mass is 79.9. The third kappa shape index (κ3) is 2.38. The van der Waals surface area contributed by atoms with Crippen LogP contribution in [-0.4, -0.2) is 14.5 Å². The molecule has 0 aliphatic rings. The van der Waals surface area contributed by atoms with Gasteiger partial charge < -0.3 is 4.98 Å². The number of nitrogens with zero attached hydrogens (tertiary/aromatic N) is 2. The Labute approximate surface area is 126 Å². The van der Waals surface area contributed by atoms with E-state index in [1.807, 2.05) is 6.07 Å². The van der Waals surface area contributed by atoms with Crippen molar-refractivity contribution >= 4 is 39.3 Å². The fourth-order valence-corrected chi connectivity index (χ4v) is 2.59. The molecule has 0 saturated heterocycles. The van der Waals surface area contributed by atoms with Crippen LogP contribution >= 0.6 is 28.1 Å². The second-order valence-electron chi connectivity index (χ2n) is 4.28. The van der Waals surface area contributed by atoms with Gasteiger partial charge in [-0.25, -0.2) is 13.8 Å². The molecule has 0 fully saturated rings. The number of benzene rings is 1. The number of aromatic amines is 1. The van der Waals surface area contributed by atoms with Crippen LogP contribution < -0.4 is 0 Å². The molecule has 0 aliphatic carbocycles. The molecule has 3 aromatic rings. The van der Waals surface area contributed by atoms with Crippen LogP contribution in [0.15, 0.2) is 34.9 Å². The van der Waals surface area contributed by atoms with E-state index in [4.69, 9.17) is 12.2 Å². The largest absolute Gasteiger partial charge is 0.329 e. The zero-order valence-electron chi connectivity index (χ0n) is 10.0. The summed E-state index contributed by atoms with van der Waals surface area (Å²) in [6, 6.07) is 5.18. The smallest absolute Gasteiger partial charge is 0.179 e. The molecule has 0 aliphatic heterocycles. The molecule has 3 rings (SSSR count). The van der Waals surface area contributed by atoms with Crippen LogP contribution in [0.3, 0.4) is 0 Å². The lowest BCUT2D eigenvalue weighted by molar-refractivity contribution is 0.577. The lowest BCUT2D eigenvalue weighted by Gasteiger charge is -2.05. The predicted octanol–water partition coefficient (Wildman–Crippen LogP) is 4.18. The van der Waals surface area contributed by atoms with Gasteiger partial charge in [0.15, 0.2) is 10.4 Å². The van der Waals surface area contributed by atoms with Crippen molar-refractivity contribution in [2.45, 2.75) is 6.54 Å². The fraction of sp³-hybridized carbons (Fsp3) is 0.0769. The quantitative estimate of drug-likeness (QED) is 0.699. The van der Waals surface area contributed by atoms with E-state index in [-0.39, 0.29) is 12.1 Å². The number of hydrogen-bond donors (Lipinski definition) is 1. The summed E-state index contributed by atoms with van der Waals surface area (Å²) in [6.45, 7) is 0.122. The van der Waals surface area contributed by atoms with Gasteiger partial charge in [0.2, 0.25) is 0 Å². The number of aromatic nitrogens is 3. The van der Waals surface area contributed by atoms with Gasteiger partial charge in [-0.15, -0.1) is 0 Å². The Morgan fingerprint density at radius 3 is 2.90 bits per heavy atom. The first kappa shape index (κ1) is 13.4. The number of H-pyrrole nitrogens is 1. The summed E-state index contributed by atoms with van der Waals surface area (Å²) >= 11 is 8.53. The monoisotopic (exact) mass is 355 g/mol. The summed E-state index contributed by atoms with van der Waals surface area (Å²) in [5, 5.41) is 0. The van der Waals surface area contributed by atoms with Gasteiger partial charge in [0.1, 0.15) is 11.6 Å². The zero-order valence-corrected chi connectivity index (χ0v) is 12.4. The number of halogens is 3. The molecule has 0 atom stereocenters. The third-order valence-electron chi connectivity index (χ3n) is 2.91. The Balaban J connectivity index is 2.13. The molecule has 0 spiro atoms. The number of hydrogen-bond acceptors (Lipinski definition) is 2. The van der Waals surface area contributed by atoms with Crippen LogP contribution in [0.4, 0.5) is 8.78 Å². The van der Waals surface area contributed by atoms with Gasteiger partial charge in [-0.1, -0.05) is 0 Å². The first-order chi connectivity index (χ1) is 9.54. The zero-order chi connectivity index (χ0) is 14.3. The molecule has 0 bridgehead atoms. The summed E-state index contributed by atoms with van der Waals surface area (Å²) in [5.74, 6) is -0.955. The molecule has 20 heavy (non-hydrogen) atoms. The molecule has 3 nitrogen and oxygen atoms in total. The Morgan fingerprint density at radius 1 is 1.30 bits per heavy atom. The standard InChI is InChI=1S/C13H8BrF2N3S/c14-8-4-11-12(17-5-8)19(13(20)18-11)6-7-3-9(15)1-2-10(7)16/h1-5H,6H2,(H,18,20). The first-order valence-corrected chi connectivity index (χ1v) is 6.93. The molecular weight excluding hydrogens is 348 g/mol. The van der Waals surface area contributed by atoms with E-state index in [9.17, 15) is 8.78 Å². The third-order valence-corrected chi connectivity index (χ3v) is 3.67. The lowest BCUT2D eigenvalue weighted by Crippen LogP contribution is -2.03. The summed E-state index contributed by atoms with van der Waals surface area (Å²) in [5.41, 5.74) is 1.56. The predicted molar refractivity (Wildman–Crippen MR) is 78.1 cm³/mol. The number of fused-ring (bicyclic) bond motifs is 1.